The van der Waals surface area contributed by atoms with Crippen molar-refractivity contribution in [3.63, 3.8) is 0 Å². The minimum Gasteiger partial charge on any atom is -0.363 e. The second-order valence-corrected chi connectivity index (χ2v) is 9.71. The number of amides is 1. The minimum atomic E-state index is -0.550. The van der Waals surface area contributed by atoms with Crippen molar-refractivity contribution in [3.05, 3.63) is 75.6 Å². The Morgan fingerprint density at radius 2 is 1.91 bits per heavy atom. The molecular weight excluding hydrogens is 488 g/mol. The summed E-state index contributed by atoms with van der Waals surface area (Å²) in [5.41, 5.74) is 2.39. The monoisotopic (exact) mass is 508 g/mol. The van der Waals surface area contributed by atoms with Gasteiger partial charge in [-0.2, -0.15) is 0 Å². The molecule has 1 amide bonds. The Kier molecular flexibility index (Phi) is 6.33. The molecule has 0 spiro atoms. The number of nitrogens with zero attached hydrogens (tertiary/aromatic N) is 5. The Balaban J connectivity index is 1.41. The van der Waals surface area contributed by atoms with E-state index in [9.17, 15) is 14.9 Å². The summed E-state index contributed by atoms with van der Waals surface area (Å²) in [6, 6.07) is 12.3. The van der Waals surface area contributed by atoms with Crippen molar-refractivity contribution in [3.8, 4) is 10.6 Å². The molecular formula is C24H21ClN6O3S. The number of nitro benzene ring substituents is 1. The van der Waals surface area contributed by atoms with Crippen LogP contribution in [0.5, 0.6) is 0 Å². The first-order valence-electron chi connectivity index (χ1n) is 10.9. The molecule has 3 heterocycles. The lowest BCUT2D eigenvalue weighted by molar-refractivity contribution is -0.384. The van der Waals surface area contributed by atoms with Crippen LogP contribution in [-0.2, 0) is 0 Å². The number of nitro groups is 1. The zero-order chi connectivity index (χ0) is 24.5. The number of hydrogen-bond acceptors (Lipinski definition) is 8. The van der Waals surface area contributed by atoms with Crippen LogP contribution in [0.15, 0.2) is 54.9 Å². The molecule has 1 N–H and O–H groups in total. The molecule has 4 aromatic rings. The van der Waals surface area contributed by atoms with Crippen LogP contribution in [-0.4, -0.2) is 58.9 Å². The normalized spacial score (nSPS) is 14.3. The smallest absolute Gasteiger partial charge is 0.293 e. The van der Waals surface area contributed by atoms with Crippen molar-refractivity contribution in [1.29, 1.82) is 0 Å². The Morgan fingerprint density at radius 1 is 1.14 bits per heavy atom. The molecule has 0 radical (unpaired) electrons. The van der Waals surface area contributed by atoms with Gasteiger partial charge in [-0.05, 0) is 31.3 Å². The number of nitrogens with one attached hydrogen (secondary N) is 1. The van der Waals surface area contributed by atoms with Crippen LogP contribution in [0.1, 0.15) is 10.4 Å². The van der Waals surface area contributed by atoms with Gasteiger partial charge in [0.2, 0.25) is 0 Å². The fourth-order valence-corrected chi connectivity index (χ4v) is 5.18. The number of hydrogen-bond donors (Lipinski definition) is 1. The molecule has 0 saturated carbocycles. The molecule has 2 aromatic carbocycles. The third-order valence-corrected chi connectivity index (χ3v) is 7.28. The Hall–Kier alpha value is -3.60. The van der Waals surface area contributed by atoms with E-state index in [0.717, 1.165) is 33.9 Å². The van der Waals surface area contributed by atoms with Crippen LogP contribution < -0.4 is 10.2 Å². The predicted octanol–water partition coefficient (Wildman–Crippen LogP) is 4.92. The number of thiazole rings is 1. The van der Waals surface area contributed by atoms with Crippen LogP contribution in [0.2, 0.25) is 5.02 Å². The van der Waals surface area contributed by atoms with Crippen LogP contribution in [0.4, 0.5) is 17.1 Å². The Morgan fingerprint density at radius 3 is 2.66 bits per heavy atom. The summed E-state index contributed by atoms with van der Waals surface area (Å²) in [6.07, 6.45) is 3.19. The van der Waals surface area contributed by atoms with E-state index >= 15 is 0 Å². The number of likely N-dealkylation sites (N-methyl/N-ethyl adjacent to an activating group) is 1. The summed E-state index contributed by atoms with van der Waals surface area (Å²) >= 11 is 7.97. The topological polar surface area (TPSA) is 104 Å². The van der Waals surface area contributed by atoms with Crippen molar-refractivity contribution in [2.45, 2.75) is 0 Å². The van der Waals surface area contributed by atoms with Crippen molar-refractivity contribution < 1.29 is 9.72 Å². The number of benzene rings is 2. The maximum atomic E-state index is 13.0. The number of piperazine rings is 1. The number of halogens is 1. The summed E-state index contributed by atoms with van der Waals surface area (Å²) in [6.45, 7) is 2.86. The second kappa shape index (κ2) is 9.57. The largest absolute Gasteiger partial charge is 0.363 e. The van der Waals surface area contributed by atoms with Crippen molar-refractivity contribution in [2.24, 2.45) is 0 Å². The number of anilines is 2. The molecule has 178 valence electrons. The molecule has 11 heteroatoms. The third kappa shape index (κ3) is 4.81. The molecule has 1 aliphatic rings. The number of fused-ring (bicyclic) bond motifs is 1. The van der Waals surface area contributed by atoms with E-state index in [1.54, 1.807) is 12.3 Å². The molecule has 1 aliphatic heterocycles. The van der Waals surface area contributed by atoms with Gasteiger partial charge in [-0.15, -0.1) is 11.3 Å². The SMILES string of the molecule is CN1CCN(c2cc(Cl)c(C(=O)Nc3cncc(-c4nc5ccccc5s4)c3)cc2[N+](=O)[O-])CC1. The number of carbonyl (C=O) groups excluding carboxylic acids is 1. The van der Waals surface area contributed by atoms with Gasteiger partial charge in [-0.3, -0.25) is 19.9 Å². The molecule has 0 aliphatic carbocycles. The van der Waals surface area contributed by atoms with E-state index < -0.39 is 10.8 Å². The van der Waals surface area contributed by atoms with Crippen LogP contribution >= 0.6 is 22.9 Å². The van der Waals surface area contributed by atoms with E-state index in [-0.39, 0.29) is 16.3 Å². The fourth-order valence-electron chi connectivity index (χ4n) is 3.99. The predicted molar refractivity (Wildman–Crippen MR) is 139 cm³/mol. The lowest BCUT2D eigenvalue weighted by Gasteiger charge is -2.33. The van der Waals surface area contributed by atoms with Crippen molar-refractivity contribution in [2.75, 3.05) is 43.4 Å². The first-order valence-corrected chi connectivity index (χ1v) is 12.1. The highest BCUT2D eigenvalue weighted by molar-refractivity contribution is 7.21. The molecule has 9 nitrogen and oxygen atoms in total. The number of aromatic nitrogens is 2. The number of carbonyl (C=O) groups is 1. The number of pyridine rings is 1. The summed E-state index contributed by atoms with van der Waals surface area (Å²) in [4.78, 5) is 37.3. The van der Waals surface area contributed by atoms with Gasteiger partial charge in [0.15, 0.2) is 0 Å². The van der Waals surface area contributed by atoms with Crippen LogP contribution in [0.3, 0.4) is 0 Å². The summed E-state index contributed by atoms with van der Waals surface area (Å²) in [5, 5.41) is 15.5. The van der Waals surface area contributed by atoms with E-state index in [0.29, 0.717) is 24.5 Å². The van der Waals surface area contributed by atoms with Gasteiger partial charge in [-0.1, -0.05) is 23.7 Å². The molecule has 1 fully saturated rings. The maximum absolute atomic E-state index is 13.0. The molecule has 0 unspecified atom stereocenters. The van der Waals surface area contributed by atoms with Gasteiger partial charge >= 0.3 is 0 Å². The lowest BCUT2D eigenvalue weighted by atomic mass is 10.1. The van der Waals surface area contributed by atoms with E-state index in [4.69, 9.17) is 11.6 Å². The zero-order valence-electron chi connectivity index (χ0n) is 18.8. The fraction of sp³-hybridized carbons (Fsp3) is 0.208. The van der Waals surface area contributed by atoms with Crippen molar-refractivity contribution >= 4 is 56.1 Å². The van der Waals surface area contributed by atoms with E-state index in [2.05, 4.69) is 20.2 Å². The van der Waals surface area contributed by atoms with E-state index in [1.165, 1.54) is 29.7 Å². The molecule has 2 aromatic heterocycles. The number of para-hydroxylation sites is 1. The zero-order valence-corrected chi connectivity index (χ0v) is 20.3. The standard InChI is InChI=1S/C24H21ClN6O3S/c1-29-6-8-30(9-7-29)20-12-18(25)17(11-21(20)31(33)34)23(32)27-16-10-15(13-26-14-16)24-28-19-4-2-3-5-22(19)35-24/h2-5,10-14H,6-9H2,1H3,(H,27,32). The summed E-state index contributed by atoms with van der Waals surface area (Å²) in [5.74, 6) is -0.550. The van der Waals surface area contributed by atoms with E-state index in [1.807, 2.05) is 36.2 Å². The highest BCUT2D eigenvalue weighted by atomic mass is 35.5. The van der Waals surface area contributed by atoms with Gasteiger partial charge in [0.1, 0.15) is 10.7 Å². The minimum absolute atomic E-state index is 0.0293. The Labute approximate surface area is 210 Å². The first kappa shape index (κ1) is 23.2. The van der Waals surface area contributed by atoms with Gasteiger partial charge < -0.3 is 15.1 Å². The summed E-state index contributed by atoms with van der Waals surface area (Å²) < 4.78 is 1.05. The van der Waals surface area contributed by atoms with Crippen LogP contribution in [0, 0.1) is 10.1 Å². The molecule has 35 heavy (non-hydrogen) atoms. The average molecular weight is 509 g/mol. The van der Waals surface area contributed by atoms with Gasteiger partial charge in [0, 0.05) is 44.0 Å². The third-order valence-electron chi connectivity index (χ3n) is 5.89. The Bertz CT molecular complexity index is 1400. The van der Waals surface area contributed by atoms with Gasteiger partial charge in [-0.25, -0.2) is 4.98 Å². The number of rotatable bonds is 5. The van der Waals surface area contributed by atoms with Gasteiger partial charge in [0.05, 0.1) is 37.6 Å². The molecule has 1 saturated heterocycles. The average Bonchev–Trinajstić information content (AvgIpc) is 3.29. The quantitative estimate of drug-likeness (QED) is 0.301. The maximum Gasteiger partial charge on any atom is 0.293 e. The van der Waals surface area contributed by atoms with Crippen molar-refractivity contribution in [1.82, 2.24) is 14.9 Å². The lowest BCUT2D eigenvalue weighted by Crippen LogP contribution is -2.44. The second-order valence-electron chi connectivity index (χ2n) is 8.27. The highest BCUT2D eigenvalue weighted by Crippen LogP contribution is 2.35. The van der Waals surface area contributed by atoms with Crippen LogP contribution in [0.25, 0.3) is 20.8 Å². The molecule has 0 bridgehead atoms. The molecule has 0 atom stereocenters. The molecule has 5 rings (SSSR count). The first-order chi connectivity index (χ1) is 16.9. The highest BCUT2D eigenvalue weighted by Gasteiger charge is 2.26. The van der Waals surface area contributed by atoms with Gasteiger partial charge in [0.25, 0.3) is 11.6 Å². The summed E-state index contributed by atoms with van der Waals surface area (Å²) in [7, 11) is 2.01.